The molecule has 1 fully saturated rings. The van der Waals surface area contributed by atoms with E-state index in [0.29, 0.717) is 0 Å². The number of nitrogens with zero attached hydrogens (tertiary/aromatic N) is 1. The highest BCUT2D eigenvalue weighted by Crippen LogP contribution is 2.52. The zero-order valence-corrected chi connectivity index (χ0v) is 11.8. The summed E-state index contributed by atoms with van der Waals surface area (Å²) in [4.78, 5) is 2.33. The maximum Gasteiger partial charge on any atom is 0.132 e. The molecule has 0 spiro atoms. The van der Waals surface area contributed by atoms with E-state index in [9.17, 15) is 5.11 Å². The normalized spacial score (nSPS) is 37.0. The molecule has 0 aromatic rings. The van der Waals surface area contributed by atoms with Crippen LogP contribution in [-0.2, 0) is 0 Å². The predicted octanol–water partition coefficient (Wildman–Crippen LogP) is 3.17. The van der Waals surface area contributed by atoms with Crippen molar-refractivity contribution >= 4 is 0 Å². The van der Waals surface area contributed by atoms with E-state index in [-0.39, 0.29) is 10.8 Å². The lowest BCUT2D eigenvalue weighted by Crippen LogP contribution is -2.67. The summed E-state index contributed by atoms with van der Waals surface area (Å²) >= 11 is 0. The van der Waals surface area contributed by atoms with Gasteiger partial charge >= 0.3 is 0 Å². The molecule has 0 bridgehead atoms. The molecule has 1 saturated heterocycles. The molecule has 0 radical (unpaired) electrons. The van der Waals surface area contributed by atoms with Crippen LogP contribution in [0.3, 0.4) is 0 Å². The Bertz CT molecular complexity index is 313. The molecular weight excluding hydrogens is 210 g/mol. The summed E-state index contributed by atoms with van der Waals surface area (Å²) in [5.41, 5.74) is -0.968. The summed E-state index contributed by atoms with van der Waals surface area (Å²) in [6.07, 6.45) is 9.15. The average molecular weight is 237 g/mol. The summed E-state index contributed by atoms with van der Waals surface area (Å²) in [6, 6.07) is 0. The Kier molecular flexibility index (Phi) is 3.16. The molecule has 1 unspecified atom stereocenters. The number of hydrogen-bond acceptors (Lipinski definition) is 2. The second kappa shape index (κ2) is 4.10. The van der Waals surface area contributed by atoms with E-state index >= 15 is 0 Å². The van der Waals surface area contributed by atoms with Gasteiger partial charge in [0, 0.05) is 23.9 Å². The molecule has 2 rings (SSSR count). The van der Waals surface area contributed by atoms with E-state index in [2.05, 4.69) is 44.7 Å². The van der Waals surface area contributed by atoms with Crippen molar-refractivity contribution in [3.8, 4) is 0 Å². The van der Waals surface area contributed by atoms with Crippen LogP contribution in [0.25, 0.3) is 0 Å². The topological polar surface area (TPSA) is 23.5 Å². The van der Waals surface area contributed by atoms with Crippen molar-refractivity contribution in [2.45, 2.75) is 59.1 Å². The Morgan fingerprint density at radius 3 is 2.12 bits per heavy atom. The van der Waals surface area contributed by atoms with E-state index in [1.807, 2.05) is 0 Å². The number of piperidine rings is 1. The van der Waals surface area contributed by atoms with Crippen LogP contribution in [0.4, 0.5) is 0 Å². The van der Waals surface area contributed by atoms with Crippen molar-refractivity contribution in [3.05, 3.63) is 12.2 Å². The summed E-state index contributed by atoms with van der Waals surface area (Å²) in [5, 5.41) is 11.4. The fourth-order valence-corrected chi connectivity index (χ4v) is 3.83. The monoisotopic (exact) mass is 237 g/mol. The third kappa shape index (κ3) is 1.86. The minimum absolute atomic E-state index is 0.0808. The van der Waals surface area contributed by atoms with Gasteiger partial charge in [-0.3, -0.25) is 4.90 Å². The fourth-order valence-electron chi connectivity index (χ4n) is 3.83. The Morgan fingerprint density at radius 1 is 1.00 bits per heavy atom. The van der Waals surface area contributed by atoms with Crippen LogP contribution in [0.5, 0.6) is 0 Å². The summed E-state index contributed by atoms with van der Waals surface area (Å²) in [6.45, 7) is 10.8. The lowest BCUT2D eigenvalue weighted by atomic mass is 9.60. The molecule has 1 aliphatic carbocycles. The highest BCUT2D eigenvalue weighted by Gasteiger charge is 2.57. The van der Waals surface area contributed by atoms with Gasteiger partial charge in [0.25, 0.3) is 0 Å². The molecule has 0 aromatic heterocycles. The van der Waals surface area contributed by atoms with E-state index < -0.39 is 5.72 Å². The van der Waals surface area contributed by atoms with Crippen LogP contribution in [-0.4, -0.2) is 28.8 Å². The van der Waals surface area contributed by atoms with Gasteiger partial charge in [-0.05, 0) is 19.3 Å². The zero-order valence-electron chi connectivity index (χ0n) is 11.8. The van der Waals surface area contributed by atoms with Crippen molar-refractivity contribution in [1.82, 2.24) is 4.90 Å². The van der Waals surface area contributed by atoms with Gasteiger partial charge in [0.2, 0.25) is 0 Å². The molecule has 2 nitrogen and oxygen atoms in total. The number of likely N-dealkylation sites (tertiary alicyclic amines) is 1. The maximum atomic E-state index is 11.4. The van der Waals surface area contributed by atoms with Gasteiger partial charge in [-0.2, -0.15) is 0 Å². The van der Waals surface area contributed by atoms with Crippen LogP contribution in [0.2, 0.25) is 0 Å². The first-order chi connectivity index (χ1) is 7.81. The molecule has 0 amide bonds. The highest BCUT2D eigenvalue weighted by atomic mass is 16.3. The minimum Gasteiger partial charge on any atom is -0.374 e. The quantitative estimate of drug-likeness (QED) is 0.708. The molecule has 1 heterocycles. The van der Waals surface area contributed by atoms with E-state index in [0.717, 1.165) is 19.5 Å². The predicted molar refractivity (Wildman–Crippen MR) is 71.7 cm³/mol. The molecule has 98 valence electrons. The molecule has 1 N–H and O–H groups in total. The van der Waals surface area contributed by atoms with Crippen LogP contribution < -0.4 is 0 Å². The lowest BCUT2D eigenvalue weighted by Gasteiger charge is -2.59. The molecule has 1 atom stereocenters. The number of rotatable bonds is 1. The minimum atomic E-state index is -0.713. The van der Waals surface area contributed by atoms with Crippen molar-refractivity contribution in [2.75, 3.05) is 13.1 Å². The first kappa shape index (κ1) is 13.1. The van der Waals surface area contributed by atoms with Gasteiger partial charge < -0.3 is 5.11 Å². The smallest absolute Gasteiger partial charge is 0.132 e. The van der Waals surface area contributed by atoms with Gasteiger partial charge in [-0.15, -0.1) is 0 Å². The van der Waals surface area contributed by atoms with Crippen molar-refractivity contribution in [1.29, 1.82) is 0 Å². The molecule has 2 aliphatic rings. The van der Waals surface area contributed by atoms with Crippen molar-refractivity contribution < 1.29 is 5.11 Å². The zero-order chi connectivity index (χ0) is 12.7. The Morgan fingerprint density at radius 2 is 1.59 bits per heavy atom. The maximum absolute atomic E-state index is 11.4. The molecule has 17 heavy (non-hydrogen) atoms. The van der Waals surface area contributed by atoms with Gasteiger partial charge in [-0.25, -0.2) is 0 Å². The van der Waals surface area contributed by atoms with E-state index in [4.69, 9.17) is 0 Å². The summed E-state index contributed by atoms with van der Waals surface area (Å²) in [5.74, 6) is 0. The SMILES string of the molecule is CC1(C)C=CCC(C)(C)C1(O)N1CCCCC1. The summed E-state index contributed by atoms with van der Waals surface area (Å²) in [7, 11) is 0. The van der Waals surface area contributed by atoms with E-state index in [1.54, 1.807) is 0 Å². The van der Waals surface area contributed by atoms with E-state index in [1.165, 1.54) is 19.3 Å². The third-order valence-electron chi connectivity index (χ3n) is 4.82. The number of aliphatic hydroxyl groups is 1. The van der Waals surface area contributed by atoms with Gasteiger partial charge in [0.15, 0.2) is 0 Å². The van der Waals surface area contributed by atoms with Crippen LogP contribution in [0.15, 0.2) is 12.2 Å². The fraction of sp³-hybridized carbons (Fsp3) is 0.867. The van der Waals surface area contributed by atoms with Crippen LogP contribution in [0, 0.1) is 10.8 Å². The Labute approximate surface area is 106 Å². The number of allylic oxidation sites excluding steroid dienone is 1. The first-order valence-electron chi connectivity index (χ1n) is 6.96. The van der Waals surface area contributed by atoms with Gasteiger partial charge in [-0.1, -0.05) is 46.3 Å². The van der Waals surface area contributed by atoms with Crippen LogP contribution >= 0.6 is 0 Å². The summed E-state index contributed by atoms with van der Waals surface area (Å²) < 4.78 is 0. The largest absolute Gasteiger partial charge is 0.374 e. The molecule has 0 saturated carbocycles. The van der Waals surface area contributed by atoms with Crippen LogP contribution in [0.1, 0.15) is 53.4 Å². The molecule has 1 aliphatic heterocycles. The highest BCUT2D eigenvalue weighted by molar-refractivity contribution is 5.17. The molecule has 2 heteroatoms. The first-order valence-corrected chi connectivity index (χ1v) is 6.96. The average Bonchev–Trinajstić information content (AvgIpc) is 2.26. The Balaban J connectivity index is 2.38. The number of hydrogen-bond donors (Lipinski definition) is 1. The lowest BCUT2D eigenvalue weighted by molar-refractivity contribution is -0.243. The standard InChI is InChI=1S/C15H27NO/c1-13(2)9-8-10-14(3,4)15(13,17)16-11-6-5-7-12-16/h8-9,17H,5-7,10-12H2,1-4H3. The second-order valence-electron chi connectivity index (χ2n) is 6.93. The van der Waals surface area contributed by atoms with Crippen molar-refractivity contribution in [2.24, 2.45) is 10.8 Å². The molecule has 0 aromatic carbocycles. The third-order valence-corrected chi connectivity index (χ3v) is 4.82. The molecular formula is C15H27NO. The van der Waals surface area contributed by atoms with Gasteiger partial charge in [0.1, 0.15) is 5.72 Å². The van der Waals surface area contributed by atoms with Crippen molar-refractivity contribution in [3.63, 3.8) is 0 Å². The Hall–Kier alpha value is -0.340. The van der Waals surface area contributed by atoms with Gasteiger partial charge in [0.05, 0.1) is 0 Å². The second-order valence-corrected chi connectivity index (χ2v) is 6.93.